The number of halogens is 1. The summed E-state index contributed by atoms with van der Waals surface area (Å²) in [5.74, 6) is 0.0408. The molecule has 0 bridgehead atoms. The van der Waals surface area contributed by atoms with Crippen LogP contribution in [0, 0.1) is 11.7 Å². The Bertz CT molecular complexity index is 388. The van der Waals surface area contributed by atoms with E-state index < -0.39 is 0 Å². The van der Waals surface area contributed by atoms with E-state index in [4.69, 9.17) is 5.73 Å². The predicted molar refractivity (Wildman–Crippen MR) is 75.2 cm³/mol. The number of nitrogens with one attached hydrogen (secondary N) is 1. The van der Waals surface area contributed by atoms with Crippen LogP contribution in [0.3, 0.4) is 0 Å². The van der Waals surface area contributed by atoms with Crippen molar-refractivity contribution >= 4 is 5.91 Å². The molecule has 3 nitrogen and oxygen atoms in total. The van der Waals surface area contributed by atoms with Crippen molar-refractivity contribution in [1.29, 1.82) is 0 Å². The van der Waals surface area contributed by atoms with Gasteiger partial charge in [-0.3, -0.25) is 4.79 Å². The zero-order chi connectivity index (χ0) is 14.3. The first kappa shape index (κ1) is 15.6. The number of carbonyl (C=O) groups is 1. The largest absolute Gasteiger partial charge is 0.353 e. The second kappa shape index (κ2) is 7.89. The number of nitrogens with two attached hydrogens (primary N) is 1. The third-order valence-electron chi connectivity index (χ3n) is 3.25. The Morgan fingerprint density at radius 1 is 1.37 bits per heavy atom. The number of benzene rings is 1. The monoisotopic (exact) mass is 266 g/mol. The van der Waals surface area contributed by atoms with Crippen LogP contribution in [0.25, 0.3) is 0 Å². The highest BCUT2D eigenvalue weighted by Crippen LogP contribution is 2.08. The van der Waals surface area contributed by atoms with E-state index in [9.17, 15) is 9.18 Å². The van der Waals surface area contributed by atoms with Gasteiger partial charge in [0.15, 0.2) is 0 Å². The Kier molecular flexibility index (Phi) is 6.50. The van der Waals surface area contributed by atoms with E-state index in [0.29, 0.717) is 19.4 Å². The topological polar surface area (TPSA) is 55.1 Å². The molecule has 19 heavy (non-hydrogen) atoms. The summed E-state index contributed by atoms with van der Waals surface area (Å²) in [7, 11) is 0. The second-order valence-corrected chi connectivity index (χ2v) is 5.01. The molecule has 3 N–H and O–H groups in total. The molecule has 0 saturated carbocycles. The Labute approximate surface area is 114 Å². The van der Waals surface area contributed by atoms with Gasteiger partial charge in [0.1, 0.15) is 5.82 Å². The van der Waals surface area contributed by atoms with Gasteiger partial charge in [-0.1, -0.05) is 25.5 Å². The van der Waals surface area contributed by atoms with E-state index in [1.807, 2.05) is 13.8 Å². The van der Waals surface area contributed by atoms with Gasteiger partial charge in [-0.05, 0) is 43.5 Å². The third kappa shape index (κ3) is 5.83. The maximum absolute atomic E-state index is 12.8. The second-order valence-electron chi connectivity index (χ2n) is 5.01. The van der Waals surface area contributed by atoms with E-state index in [2.05, 4.69) is 5.32 Å². The number of rotatable bonds is 7. The minimum absolute atomic E-state index is 0.0342. The molecule has 0 radical (unpaired) electrons. The fraction of sp³-hybridized carbons (Fsp3) is 0.533. The molecule has 0 saturated heterocycles. The van der Waals surface area contributed by atoms with Gasteiger partial charge >= 0.3 is 0 Å². The van der Waals surface area contributed by atoms with Crippen molar-refractivity contribution in [2.75, 3.05) is 6.54 Å². The molecule has 0 heterocycles. The van der Waals surface area contributed by atoms with Gasteiger partial charge in [0.2, 0.25) is 5.91 Å². The molecular formula is C15H23FN2O. The van der Waals surface area contributed by atoms with Gasteiger partial charge in [-0.15, -0.1) is 0 Å². The normalized spacial score (nSPS) is 13.9. The quantitative estimate of drug-likeness (QED) is 0.795. The molecule has 4 heteroatoms. The van der Waals surface area contributed by atoms with Crippen LogP contribution in [-0.4, -0.2) is 18.5 Å². The van der Waals surface area contributed by atoms with Gasteiger partial charge < -0.3 is 11.1 Å². The van der Waals surface area contributed by atoms with E-state index >= 15 is 0 Å². The number of amides is 1. The van der Waals surface area contributed by atoms with Crippen molar-refractivity contribution in [3.63, 3.8) is 0 Å². The van der Waals surface area contributed by atoms with Crippen LogP contribution < -0.4 is 11.1 Å². The van der Waals surface area contributed by atoms with Crippen LogP contribution in [0.5, 0.6) is 0 Å². The molecular weight excluding hydrogens is 243 g/mol. The van der Waals surface area contributed by atoms with Gasteiger partial charge in [-0.2, -0.15) is 0 Å². The minimum Gasteiger partial charge on any atom is -0.353 e. The molecule has 0 aromatic heterocycles. The highest BCUT2D eigenvalue weighted by atomic mass is 19.1. The standard InChI is InChI=1S/C15H23FN2O/c1-3-12(10-17)9-15(19)18-11(2)8-13-4-6-14(16)7-5-13/h4-7,11-12H,3,8-10,17H2,1-2H3,(H,18,19). The first-order valence-electron chi connectivity index (χ1n) is 6.79. The molecule has 0 aliphatic carbocycles. The van der Waals surface area contributed by atoms with Crippen molar-refractivity contribution in [3.05, 3.63) is 35.6 Å². The molecule has 2 unspecified atom stereocenters. The van der Waals surface area contributed by atoms with Crippen molar-refractivity contribution < 1.29 is 9.18 Å². The lowest BCUT2D eigenvalue weighted by atomic mass is 10.0. The molecule has 106 valence electrons. The minimum atomic E-state index is -0.242. The maximum atomic E-state index is 12.8. The molecule has 1 aromatic rings. The average Bonchev–Trinajstić information content (AvgIpc) is 2.38. The SMILES string of the molecule is CCC(CN)CC(=O)NC(C)Cc1ccc(F)cc1. The number of hydrogen-bond acceptors (Lipinski definition) is 2. The molecule has 1 aromatic carbocycles. The summed E-state index contributed by atoms with van der Waals surface area (Å²) in [6, 6.07) is 6.39. The Morgan fingerprint density at radius 3 is 2.53 bits per heavy atom. The van der Waals surface area contributed by atoms with Gasteiger partial charge in [0, 0.05) is 12.5 Å². The fourth-order valence-electron chi connectivity index (χ4n) is 2.02. The van der Waals surface area contributed by atoms with Gasteiger partial charge in [-0.25, -0.2) is 4.39 Å². The Morgan fingerprint density at radius 2 is 2.00 bits per heavy atom. The first-order valence-corrected chi connectivity index (χ1v) is 6.79. The van der Waals surface area contributed by atoms with E-state index in [0.717, 1.165) is 12.0 Å². The lowest BCUT2D eigenvalue weighted by Gasteiger charge is -2.17. The number of carbonyl (C=O) groups excluding carboxylic acids is 1. The average molecular weight is 266 g/mol. The third-order valence-corrected chi connectivity index (χ3v) is 3.25. The van der Waals surface area contributed by atoms with Crippen LogP contribution in [-0.2, 0) is 11.2 Å². The molecule has 0 aliphatic rings. The van der Waals surface area contributed by atoms with Crippen molar-refractivity contribution in [1.82, 2.24) is 5.32 Å². The summed E-state index contributed by atoms with van der Waals surface area (Å²) >= 11 is 0. The summed E-state index contributed by atoms with van der Waals surface area (Å²) < 4.78 is 12.8. The van der Waals surface area contributed by atoms with Crippen LogP contribution >= 0.6 is 0 Å². The molecule has 0 aliphatic heterocycles. The Hall–Kier alpha value is -1.42. The number of hydrogen-bond donors (Lipinski definition) is 2. The molecule has 2 atom stereocenters. The molecule has 0 spiro atoms. The maximum Gasteiger partial charge on any atom is 0.220 e. The Balaban J connectivity index is 2.40. The van der Waals surface area contributed by atoms with E-state index in [1.165, 1.54) is 12.1 Å². The van der Waals surface area contributed by atoms with E-state index in [-0.39, 0.29) is 23.7 Å². The van der Waals surface area contributed by atoms with Gasteiger partial charge in [0.25, 0.3) is 0 Å². The fourth-order valence-corrected chi connectivity index (χ4v) is 2.02. The zero-order valence-electron chi connectivity index (χ0n) is 11.7. The molecule has 1 amide bonds. The van der Waals surface area contributed by atoms with Crippen LogP contribution in [0.1, 0.15) is 32.3 Å². The highest BCUT2D eigenvalue weighted by molar-refractivity contribution is 5.76. The summed E-state index contributed by atoms with van der Waals surface area (Å²) in [6.07, 6.45) is 2.09. The smallest absolute Gasteiger partial charge is 0.220 e. The van der Waals surface area contributed by atoms with Crippen LogP contribution in [0.2, 0.25) is 0 Å². The summed E-state index contributed by atoms with van der Waals surface area (Å²) in [5, 5.41) is 2.95. The van der Waals surface area contributed by atoms with Gasteiger partial charge in [0.05, 0.1) is 0 Å². The summed E-state index contributed by atoms with van der Waals surface area (Å²) in [4.78, 5) is 11.8. The summed E-state index contributed by atoms with van der Waals surface area (Å²) in [5.41, 5.74) is 6.60. The first-order chi connectivity index (χ1) is 9.05. The summed E-state index contributed by atoms with van der Waals surface area (Å²) in [6.45, 7) is 4.52. The lowest BCUT2D eigenvalue weighted by molar-refractivity contribution is -0.122. The molecule has 1 rings (SSSR count). The van der Waals surface area contributed by atoms with E-state index in [1.54, 1.807) is 12.1 Å². The highest BCUT2D eigenvalue weighted by Gasteiger charge is 2.13. The van der Waals surface area contributed by atoms with Crippen molar-refractivity contribution in [3.8, 4) is 0 Å². The predicted octanol–water partition coefficient (Wildman–Crippen LogP) is 2.25. The zero-order valence-corrected chi connectivity index (χ0v) is 11.7. The van der Waals surface area contributed by atoms with Crippen molar-refractivity contribution in [2.45, 2.75) is 39.2 Å². The van der Waals surface area contributed by atoms with Crippen molar-refractivity contribution in [2.24, 2.45) is 11.7 Å². The molecule has 0 fully saturated rings. The van der Waals surface area contributed by atoms with Crippen LogP contribution in [0.15, 0.2) is 24.3 Å². The lowest BCUT2D eigenvalue weighted by Crippen LogP contribution is -2.36. The van der Waals surface area contributed by atoms with Crippen LogP contribution in [0.4, 0.5) is 4.39 Å².